The molecule has 0 aliphatic carbocycles. The number of nitrogens with one attached hydrogen (secondary N) is 2. The van der Waals surface area contributed by atoms with Crippen molar-refractivity contribution < 1.29 is 19.1 Å². The van der Waals surface area contributed by atoms with E-state index in [4.69, 9.17) is 4.74 Å². The number of nitrogens with zero attached hydrogens (tertiary/aromatic N) is 3. The minimum absolute atomic E-state index is 0.126. The lowest BCUT2D eigenvalue weighted by Crippen LogP contribution is -2.34. The molecule has 4 rings (SSSR count). The van der Waals surface area contributed by atoms with E-state index in [1.165, 1.54) is 0 Å². The van der Waals surface area contributed by atoms with Crippen LogP contribution in [0.1, 0.15) is 37.6 Å². The molecule has 0 bridgehead atoms. The summed E-state index contributed by atoms with van der Waals surface area (Å²) in [6.07, 6.45) is -0.152. The third-order valence-corrected chi connectivity index (χ3v) is 5.71. The Morgan fingerprint density at radius 3 is 2.58 bits per heavy atom. The molecule has 1 aliphatic heterocycles. The topological polar surface area (TPSA) is 106 Å². The molecule has 1 aromatic heterocycles. The average molecular weight is 450 g/mol. The highest BCUT2D eigenvalue weighted by molar-refractivity contribution is 6.07. The third kappa shape index (κ3) is 4.52. The SMILES string of the molecule is COc1ccc(CN2C(=O)N[C@@H](CC(=O)Nc3ccc4c(c3)nc(C(C)C)n4C)C2=O)cc1. The van der Waals surface area contributed by atoms with Crippen molar-refractivity contribution in [2.45, 2.75) is 38.8 Å². The van der Waals surface area contributed by atoms with Gasteiger partial charge in [0.25, 0.3) is 5.91 Å². The van der Waals surface area contributed by atoms with Gasteiger partial charge in [-0.15, -0.1) is 0 Å². The molecule has 1 atom stereocenters. The quantitative estimate of drug-likeness (QED) is 0.539. The first-order valence-electron chi connectivity index (χ1n) is 10.8. The van der Waals surface area contributed by atoms with Gasteiger partial charge in [0.2, 0.25) is 5.91 Å². The van der Waals surface area contributed by atoms with Crippen LogP contribution in [0.15, 0.2) is 42.5 Å². The Kier molecular flexibility index (Phi) is 6.04. The maximum Gasteiger partial charge on any atom is 0.325 e. The number of imidazole rings is 1. The highest BCUT2D eigenvalue weighted by atomic mass is 16.5. The van der Waals surface area contributed by atoms with Crippen LogP contribution < -0.4 is 15.4 Å². The molecule has 172 valence electrons. The van der Waals surface area contributed by atoms with Gasteiger partial charge in [0.05, 0.1) is 31.1 Å². The monoisotopic (exact) mass is 449 g/mol. The van der Waals surface area contributed by atoms with Crippen molar-refractivity contribution in [1.29, 1.82) is 0 Å². The van der Waals surface area contributed by atoms with Gasteiger partial charge >= 0.3 is 6.03 Å². The van der Waals surface area contributed by atoms with Gasteiger partial charge in [-0.25, -0.2) is 9.78 Å². The van der Waals surface area contributed by atoms with Gasteiger partial charge in [0.1, 0.15) is 17.6 Å². The highest BCUT2D eigenvalue weighted by Gasteiger charge is 2.39. The first-order valence-corrected chi connectivity index (χ1v) is 10.8. The zero-order valence-corrected chi connectivity index (χ0v) is 19.1. The van der Waals surface area contributed by atoms with E-state index in [0.29, 0.717) is 11.4 Å². The second kappa shape index (κ2) is 8.93. The number of amides is 4. The minimum atomic E-state index is -0.901. The summed E-state index contributed by atoms with van der Waals surface area (Å²) in [5.74, 6) is 1.14. The number of aromatic nitrogens is 2. The molecule has 33 heavy (non-hydrogen) atoms. The molecule has 2 heterocycles. The Morgan fingerprint density at radius 1 is 1.18 bits per heavy atom. The molecule has 9 heteroatoms. The van der Waals surface area contributed by atoms with E-state index in [1.807, 2.05) is 23.7 Å². The number of ether oxygens (including phenoxy) is 1. The van der Waals surface area contributed by atoms with E-state index in [0.717, 1.165) is 27.3 Å². The number of urea groups is 1. The van der Waals surface area contributed by atoms with E-state index in [9.17, 15) is 14.4 Å². The summed E-state index contributed by atoms with van der Waals surface area (Å²) in [5.41, 5.74) is 3.14. The molecule has 2 N–H and O–H groups in total. The van der Waals surface area contributed by atoms with E-state index < -0.39 is 18.0 Å². The lowest BCUT2D eigenvalue weighted by molar-refractivity contribution is -0.130. The Bertz CT molecular complexity index is 1220. The number of fused-ring (bicyclic) bond motifs is 1. The van der Waals surface area contributed by atoms with Crippen molar-refractivity contribution >= 4 is 34.6 Å². The van der Waals surface area contributed by atoms with Gasteiger partial charge in [-0.05, 0) is 35.9 Å². The Labute approximate surface area is 191 Å². The number of carbonyl (C=O) groups excluding carboxylic acids is 3. The minimum Gasteiger partial charge on any atom is -0.497 e. The van der Waals surface area contributed by atoms with E-state index in [1.54, 1.807) is 37.4 Å². The van der Waals surface area contributed by atoms with Gasteiger partial charge < -0.3 is 19.9 Å². The van der Waals surface area contributed by atoms with Crippen molar-refractivity contribution in [3.8, 4) is 5.75 Å². The number of anilines is 1. The largest absolute Gasteiger partial charge is 0.497 e. The van der Waals surface area contributed by atoms with Crippen LogP contribution in [0.25, 0.3) is 11.0 Å². The van der Waals surface area contributed by atoms with Crippen LogP contribution in [0, 0.1) is 0 Å². The number of imide groups is 1. The van der Waals surface area contributed by atoms with Gasteiger partial charge in [-0.1, -0.05) is 26.0 Å². The molecule has 1 fully saturated rings. The Morgan fingerprint density at radius 2 is 1.91 bits per heavy atom. The van der Waals surface area contributed by atoms with Crippen LogP contribution in [0.4, 0.5) is 10.5 Å². The zero-order valence-electron chi connectivity index (χ0n) is 19.1. The van der Waals surface area contributed by atoms with E-state index in [2.05, 4.69) is 29.5 Å². The number of carbonyl (C=O) groups is 3. The molecule has 4 amide bonds. The lowest BCUT2D eigenvalue weighted by atomic mass is 10.1. The maximum absolute atomic E-state index is 12.7. The highest BCUT2D eigenvalue weighted by Crippen LogP contribution is 2.24. The van der Waals surface area contributed by atoms with Crippen LogP contribution in [0.5, 0.6) is 5.75 Å². The van der Waals surface area contributed by atoms with Crippen LogP contribution in [-0.2, 0) is 23.2 Å². The fourth-order valence-corrected chi connectivity index (χ4v) is 3.99. The molecule has 1 saturated heterocycles. The van der Waals surface area contributed by atoms with Crippen LogP contribution in [-0.4, -0.2) is 45.4 Å². The predicted molar refractivity (Wildman–Crippen MR) is 124 cm³/mol. The zero-order chi connectivity index (χ0) is 23.7. The molecule has 3 aromatic rings. The second-order valence-electron chi connectivity index (χ2n) is 8.41. The molecular formula is C24H27N5O4. The number of hydrogen-bond acceptors (Lipinski definition) is 5. The summed E-state index contributed by atoms with van der Waals surface area (Å²) in [5, 5.41) is 5.41. The van der Waals surface area contributed by atoms with Gasteiger partial charge in [-0.3, -0.25) is 14.5 Å². The number of rotatable bonds is 7. The molecule has 0 radical (unpaired) electrons. The van der Waals surface area contributed by atoms with Crippen molar-refractivity contribution in [2.75, 3.05) is 12.4 Å². The lowest BCUT2D eigenvalue weighted by Gasteiger charge is -2.13. The first kappa shape index (κ1) is 22.3. The molecule has 9 nitrogen and oxygen atoms in total. The smallest absolute Gasteiger partial charge is 0.325 e. The van der Waals surface area contributed by atoms with Gasteiger partial charge in [-0.2, -0.15) is 0 Å². The standard InChI is InChI=1S/C24H27N5O4/c1-14(2)22-26-18-11-16(7-10-20(18)28(22)3)25-21(30)12-19-23(31)29(24(32)27-19)13-15-5-8-17(33-4)9-6-15/h5-11,14,19H,12-13H2,1-4H3,(H,25,30)(H,27,32)/t19-/m0/s1. The molecule has 0 saturated carbocycles. The normalized spacial score (nSPS) is 15.9. The Balaban J connectivity index is 1.40. The first-order chi connectivity index (χ1) is 15.8. The van der Waals surface area contributed by atoms with E-state index >= 15 is 0 Å². The Hall–Kier alpha value is -3.88. The van der Waals surface area contributed by atoms with Crippen LogP contribution in [0.3, 0.4) is 0 Å². The maximum atomic E-state index is 12.7. The average Bonchev–Trinajstić information content (AvgIpc) is 3.25. The fourth-order valence-electron chi connectivity index (χ4n) is 3.99. The summed E-state index contributed by atoms with van der Waals surface area (Å²) in [4.78, 5) is 43.4. The summed E-state index contributed by atoms with van der Waals surface area (Å²) < 4.78 is 7.16. The van der Waals surface area contributed by atoms with E-state index in [-0.39, 0.29) is 24.8 Å². The fraction of sp³-hybridized carbons (Fsp3) is 0.333. The number of hydrogen-bond donors (Lipinski definition) is 2. The van der Waals surface area contributed by atoms with Crippen LogP contribution >= 0.6 is 0 Å². The van der Waals surface area contributed by atoms with Crippen molar-refractivity contribution in [1.82, 2.24) is 19.8 Å². The summed E-state index contributed by atoms with van der Waals surface area (Å²) in [6, 6.07) is 11.2. The second-order valence-corrected chi connectivity index (χ2v) is 8.41. The van der Waals surface area contributed by atoms with Crippen LogP contribution in [0.2, 0.25) is 0 Å². The molecular weight excluding hydrogens is 422 g/mol. The number of methoxy groups -OCH3 is 1. The molecule has 2 aromatic carbocycles. The summed E-state index contributed by atoms with van der Waals surface area (Å²) in [6.45, 7) is 4.28. The van der Waals surface area contributed by atoms with Crippen molar-refractivity contribution in [3.63, 3.8) is 0 Å². The predicted octanol–water partition coefficient (Wildman–Crippen LogP) is 3.15. The molecule has 0 spiro atoms. The molecule has 1 aliphatic rings. The number of benzene rings is 2. The van der Waals surface area contributed by atoms with Crippen molar-refractivity contribution in [2.24, 2.45) is 7.05 Å². The summed E-state index contributed by atoms with van der Waals surface area (Å²) >= 11 is 0. The van der Waals surface area contributed by atoms with Gasteiger partial charge in [0.15, 0.2) is 0 Å². The third-order valence-electron chi connectivity index (χ3n) is 5.71. The molecule has 0 unspecified atom stereocenters. The van der Waals surface area contributed by atoms with Crippen molar-refractivity contribution in [3.05, 3.63) is 53.9 Å². The van der Waals surface area contributed by atoms with Gasteiger partial charge in [0, 0.05) is 18.7 Å². The number of aryl methyl sites for hydroxylation is 1. The summed E-state index contributed by atoms with van der Waals surface area (Å²) in [7, 11) is 3.54.